The lowest BCUT2D eigenvalue weighted by molar-refractivity contribution is 1.45. The highest BCUT2D eigenvalue weighted by atomic mass is 14.2. The van der Waals surface area contributed by atoms with Crippen LogP contribution in [0.2, 0.25) is 0 Å². The number of hydrogen-bond donors (Lipinski definition) is 0. The SMILES string of the molecule is Cc1cc(-c2ccccc2)ccc1-c1cccc(-c2cccc(-c3c4ccccc4c(-c4ccccc4)c4ccccc34)c2)c1. The highest BCUT2D eigenvalue weighted by Gasteiger charge is 2.17. The second-order valence-electron chi connectivity index (χ2n) is 11.8. The van der Waals surface area contributed by atoms with Crippen LogP contribution >= 0.6 is 0 Å². The Morgan fingerprint density at radius 3 is 1.22 bits per heavy atom. The fourth-order valence-electron chi connectivity index (χ4n) is 6.87. The number of rotatable bonds is 5. The average molecular weight is 573 g/mol. The summed E-state index contributed by atoms with van der Waals surface area (Å²) >= 11 is 0. The van der Waals surface area contributed by atoms with Crippen LogP contribution < -0.4 is 0 Å². The van der Waals surface area contributed by atoms with Crippen molar-refractivity contribution in [2.24, 2.45) is 0 Å². The van der Waals surface area contributed by atoms with E-state index < -0.39 is 0 Å². The molecule has 0 aliphatic carbocycles. The van der Waals surface area contributed by atoms with Gasteiger partial charge < -0.3 is 0 Å². The first kappa shape index (κ1) is 26.9. The van der Waals surface area contributed by atoms with Crippen LogP contribution in [0.5, 0.6) is 0 Å². The van der Waals surface area contributed by atoms with E-state index in [4.69, 9.17) is 0 Å². The molecule has 0 N–H and O–H groups in total. The standard InChI is InChI=1S/C45H32/c1-31-28-36(32-14-4-2-5-15-32)26-27-39(31)37-20-12-18-34(29-37)35-19-13-21-38(30-35)45-42-24-10-8-22-40(42)44(33-16-6-3-7-17-33)41-23-9-11-25-43(41)45/h2-30H,1H3. The highest BCUT2D eigenvalue weighted by molar-refractivity contribution is 6.21. The fourth-order valence-corrected chi connectivity index (χ4v) is 6.87. The van der Waals surface area contributed by atoms with Crippen LogP contribution in [0.25, 0.3) is 77.2 Å². The molecule has 0 radical (unpaired) electrons. The number of aryl methyl sites for hydroxylation is 1. The summed E-state index contributed by atoms with van der Waals surface area (Å²) in [6.07, 6.45) is 0. The van der Waals surface area contributed by atoms with Crippen LogP contribution in [0.15, 0.2) is 176 Å². The van der Waals surface area contributed by atoms with Gasteiger partial charge in [0, 0.05) is 0 Å². The molecule has 0 heterocycles. The van der Waals surface area contributed by atoms with Gasteiger partial charge in [0.2, 0.25) is 0 Å². The van der Waals surface area contributed by atoms with E-state index >= 15 is 0 Å². The van der Waals surface area contributed by atoms with Crippen molar-refractivity contribution >= 4 is 21.5 Å². The van der Waals surface area contributed by atoms with Crippen LogP contribution in [-0.2, 0) is 0 Å². The molecule has 0 nitrogen and oxygen atoms in total. The Bertz CT molecular complexity index is 2250. The van der Waals surface area contributed by atoms with Gasteiger partial charge in [-0.15, -0.1) is 0 Å². The van der Waals surface area contributed by atoms with E-state index in [2.05, 4.69) is 183 Å². The minimum absolute atomic E-state index is 1.22. The first-order valence-corrected chi connectivity index (χ1v) is 15.6. The molecule has 0 atom stereocenters. The third kappa shape index (κ3) is 4.91. The van der Waals surface area contributed by atoms with Gasteiger partial charge in [-0.25, -0.2) is 0 Å². The molecule has 212 valence electrons. The van der Waals surface area contributed by atoms with Gasteiger partial charge in [0.25, 0.3) is 0 Å². The van der Waals surface area contributed by atoms with Gasteiger partial charge in [0.15, 0.2) is 0 Å². The van der Waals surface area contributed by atoms with Crippen LogP contribution in [0, 0.1) is 6.92 Å². The van der Waals surface area contributed by atoms with Gasteiger partial charge in [-0.1, -0.05) is 164 Å². The van der Waals surface area contributed by atoms with Crippen molar-refractivity contribution < 1.29 is 0 Å². The summed E-state index contributed by atoms with van der Waals surface area (Å²) in [5.41, 5.74) is 13.8. The zero-order valence-corrected chi connectivity index (χ0v) is 25.2. The van der Waals surface area contributed by atoms with Crippen molar-refractivity contribution in [1.29, 1.82) is 0 Å². The predicted octanol–water partition coefficient (Wildman–Crippen LogP) is 12.6. The smallest absolute Gasteiger partial charge is 0.00262 e. The Kier molecular flexibility index (Phi) is 6.81. The minimum Gasteiger partial charge on any atom is -0.0622 e. The lowest BCUT2D eigenvalue weighted by atomic mass is 9.85. The number of benzene rings is 8. The third-order valence-electron chi connectivity index (χ3n) is 8.99. The molecule has 0 amide bonds. The fraction of sp³-hybridized carbons (Fsp3) is 0.0222. The quantitative estimate of drug-likeness (QED) is 0.180. The van der Waals surface area contributed by atoms with Crippen LogP contribution in [0.4, 0.5) is 0 Å². The van der Waals surface area contributed by atoms with E-state index in [9.17, 15) is 0 Å². The van der Waals surface area contributed by atoms with E-state index in [-0.39, 0.29) is 0 Å². The van der Waals surface area contributed by atoms with Gasteiger partial charge in [-0.05, 0) is 102 Å². The molecule has 0 saturated heterocycles. The Balaban J connectivity index is 1.25. The van der Waals surface area contributed by atoms with Crippen LogP contribution in [0.3, 0.4) is 0 Å². The van der Waals surface area contributed by atoms with Crippen molar-refractivity contribution in [2.45, 2.75) is 6.92 Å². The molecule has 0 aliphatic heterocycles. The van der Waals surface area contributed by atoms with Crippen molar-refractivity contribution in [3.8, 4) is 55.6 Å². The second kappa shape index (κ2) is 11.4. The lowest BCUT2D eigenvalue weighted by Gasteiger charge is -2.18. The molecule has 0 aliphatic rings. The van der Waals surface area contributed by atoms with Crippen molar-refractivity contribution in [1.82, 2.24) is 0 Å². The first-order valence-electron chi connectivity index (χ1n) is 15.6. The number of fused-ring (bicyclic) bond motifs is 2. The Hall–Kier alpha value is -5.72. The Morgan fingerprint density at radius 1 is 0.267 bits per heavy atom. The maximum atomic E-state index is 2.36. The Morgan fingerprint density at radius 2 is 0.667 bits per heavy atom. The molecule has 0 spiro atoms. The second-order valence-corrected chi connectivity index (χ2v) is 11.8. The summed E-state index contributed by atoms with van der Waals surface area (Å²) in [7, 11) is 0. The molecule has 0 aromatic heterocycles. The maximum Gasteiger partial charge on any atom is -0.00262 e. The van der Waals surface area contributed by atoms with E-state index in [1.54, 1.807) is 0 Å². The zero-order chi connectivity index (χ0) is 30.2. The normalized spacial score (nSPS) is 11.2. The summed E-state index contributed by atoms with van der Waals surface area (Å²) in [6, 6.07) is 63.9. The van der Waals surface area contributed by atoms with Crippen molar-refractivity contribution in [3.63, 3.8) is 0 Å². The molecule has 0 saturated carbocycles. The zero-order valence-electron chi connectivity index (χ0n) is 25.2. The topological polar surface area (TPSA) is 0 Å². The minimum atomic E-state index is 1.22. The van der Waals surface area contributed by atoms with Gasteiger partial charge in [0.05, 0.1) is 0 Å². The molecule has 0 heteroatoms. The van der Waals surface area contributed by atoms with E-state index in [1.165, 1.54) is 82.7 Å². The van der Waals surface area contributed by atoms with E-state index in [1.807, 2.05) is 0 Å². The largest absolute Gasteiger partial charge is 0.0622 e. The Labute approximate surface area is 264 Å². The summed E-state index contributed by atoms with van der Waals surface area (Å²) < 4.78 is 0. The molecular formula is C45H32. The third-order valence-corrected chi connectivity index (χ3v) is 8.99. The van der Waals surface area contributed by atoms with E-state index in [0.717, 1.165) is 0 Å². The molecule has 0 bridgehead atoms. The summed E-state index contributed by atoms with van der Waals surface area (Å²) in [5.74, 6) is 0. The molecular weight excluding hydrogens is 540 g/mol. The van der Waals surface area contributed by atoms with Crippen molar-refractivity contribution in [2.75, 3.05) is 0 Å². The van der Waals surface area contributed by atoms with E-state index in [0.29, 0.717) is 0 Å². The van der Waals surface area contributed by atoms with Gasteiger partial charge >= 0.3 is 0 Å². The summed E-state index contributed by atoms with van der Waals surface area (Å²) in [6.45, 7) is 2.21. The molecule has 45 heavy (non-hydrogen) atoms. The summed E-state index contributed by atoms with van der Waals surface area (Å²) in [4.78, 5) is 0. The summed E-state index contributed by atoms with van der Waals surface area (Å²) in [5, 5.41) is 5.10. The highest BCUT2D eigenvalue weighted by Crippen LogP contribution is 2.44. The van der Waals surface area contributed by atoms with Gasteiger partial charge in [0.1, 0.15) is 0 Å². The molecule has 0 unspecified atom stereocenters. The van der Waals surface area contributed by atoms with Crippen molar-refractivity contribution in [3.05, 3.63) is 181 Å². The van der Waals surface area contributed by atoms with Crippen LogP contribution in [-0.4, -0.2) is 0 Å². The predicted molar refractivity (Wildman–Crippen MR) is 193 cm³/mol. The molecule has 0 fully saturated rings. The monoisotopic (exact) mass is 572 g/mol. The van der Waals surface area contributed by atoms with Crippen LogP contribution in [0.1, 0.15) is 5.56 Å². The molecule has 8 aromatic rings. The van der Waals surface area contributed by atoms with Gasteiger partial charge in [-0.2, -0.15) is 0 Å². The number of hydrogen-bond acceptors (Lipinski definition) is 0. The molecule has 8 aromatic carbocycles. The van der Waals surface area contributed by atoms with Gasteiger partial charge in [-0.3, -0.25) is 0 Å². The average Bonchev–Trinajstić information content (AvgIpc) is 3.11. The molecule has 8 rings (SSSR count). The maximum absolute atomic E-state index is 2.36. The first-order chi connectivity index (χ1) is 22.2. The lowest BCUT2D eigenvalue weighted by Crippen LogP contribution is -1.91.